The zero-order valence-electron chi connectivity index (χ0n) is 14.9. The molecule has 7 nitrogen and oxygen atoms in total. The average molecular weight is 374 g/mol. The molecule has 1 aromatic carbocycles. The largest absolute Gasteiger partial charge is 0.381 e. The summed E-state index contributed by atoms with van der Waals surface area (Å²) >= 11 is 1.34. The molecule has 0 bridgehead atoms. The van der Waals surface area contributed by atoms with E-state index >= 15 is 0 Å². The Balaban J connectivity index is 1.58. The highest BCUT2D eigenvalue weighted by atomic mass is 32.1. The highest BCUT2D eigenvalue weighted by Crippen LogP contribution is 2.27. The van der Waals surface area contributed by atoms with Crippen molar-refractivity contribution in [1.82, 2.24) is 10.2 Å². The van der Waals surface area contributed by atoms with Gasteiger partial charge in [-0.05, 0) is 31.5 Å². The number of nitrogens with one attached hydrogen (secondary N) is 1. The fourth-order valence-electron chi connectivity index (χ4n) is 2.85. The summed E-state index contributed by atoms with van der Waals surface area (Å²) in [5.41, 5.74) is 1.91. The van der Waals surface area contributed by atoms with Crippen LogP contribution in [0.5, 0.6) is 0 Å². The number of amides is 2. The van der Waals surface area contributed by atoms with E-state index in [4.69, 9.17) is 4.74 Å². The van der Waals surface area contributed by atoms with E-state index < -0.39 is 5.92 Å². The summed E-state index contributed by atoms with van der Waals surface area (Å²) < 4.78 is 5.29. The average Bonchev–Trinajstić information content (AvgIpc) is 3.22. The summed E-state index contributed by atoms with van der Waals surface area (Å²) in [5.74, 6) is -0.620. The van der Waals surface area contributed by atoms with Crippen LogP contribution in [0.25, 0.3) is 0 Å². The van der Waals surface area contributed by atoms with E-state index in [-0.39, 0.29) is 18.2 Å². The maximum Gasteiger partial charge on any atom is 0.231 e. The molecule has 2 aromatic rings. The topological polar surface area (TPSA) is 84.4 Å². The number of aromatic nitrogens is 2. The monoisotopic (exact) mass is 374 g/mol. The first-order valence-corrected chi connectivity index (χ1v) is 9.46. The second-order valence-electron chi connectivity index (χ2n) is 6.18. The molecule has 2 heterocycles. The molecule has 1 saturated heterocycles. The molecule has 8 heteroatoms. The zero-order valence-corrected chi connectivity index (χ0v) is 15.7. The van der Waals surface area contributed by atoms with Gasteiger partial charge in [0.25, 0.3) is 0 Å². The molecule has 0 spiro atoms. The molecule has 1 N–H and O–H groups in total. The van der Waals surface area contributed by atoms with E-state index in [1.807, 2.05) is 38.1 Å². The molecule has 1 unspecified atom stereocenters. The number of carbonyl (C=O) groups excluding carboxylic acids is 2. The third-order valence-electron chi connectivity index (χ3n) is 4.17. The number of ether oxygens (including phenoxy) is 1. The summed E-state index contributed by atoms with van der Waals surface area (Å²) in [7, 11) is 0. The minimum Gasteiger partial charge on any atom is -0.381 e. The molecule has 1 aliphatic heterocycles. The van der Waals surface area contributed by atoms with Crippen molar-refractivity contribution in [3.05, 3.63) is 34.8 Å². The fraction of sp³-hybridized carbons (Fsp3) is 0.444. The Labute approximate surface area is 156 Å². The maximum absolute atomic E-state index is 12.5. The lowest BCUT2D eigenvalue weighted by Crippen LogP contribution is -2.28. The van der Waals surface area contributed by atoms with Gasteiger partial charge in [-0.2, -0.15) is 0 Å². The molecule has 0 radical (unpaired) electrons. The predicted molar refractivity (Wildman–Crippen MR) is 100 cm³/mol. The molecule has 1 aliphatic rings. The normalized spacial score (nSPS) is 16.9. The van der Waals surface area contributed by atoms with Crippen molar-refractivity contribution in [3.8, 4) is 0 Å². The lowest BCUT2D eigenvalue weighted by atomic mass is 10.1. The first-order valence-electron chi connectivity index (χ1n) is 8.65. The Morgan fingerprint density at radius 3 is 3.04 bits per heavy atom. The number of rotatable bonds is 7. The summed E-state index contributed by atoms with van der Waals surface area (Å²) in [4.78, 5) is 26.5. The lowest BCUT2D eigenvalue weighted by Gasteiger charge is -2.17. The Hall–Kier alpha value is -2.32. The van der Waals surface area contributed by atoms with E-state index in [2.05, 4.69) is 15.5 Å². The van der Waals surface area contributed by atoms with E-state index in [1.165, 1.54) is 11.3 Å². The summed E-state index contributed by atoms with van der Waals surface area (Å²) in [6, 6.07) is 7.73. The van der Waals surface area contributed by atoms with Gasteiger partial charge in [0.15, 0.2) is 0 Å². The smallest absolute Gasteiger partial charge is 0.231 e. The third-order valence-corrected chi connectivity index (χ3v) is 5.07. The van der Waals surface area contributed by atoms with Crippen molar-refractivity contribution >= 4 is 34.0 Å². The quantitative estimate of drug-likeness (QED) is 0.753. The van der Waals surface area contributed by atoms with Gasteiger partial charge >= 0.3 is 0 Å². The van der Waals surface area contributed by atoms with E-state index in [0.29, 0.717) is 31.3 Å². The molecule has 1 aromatic heterocycles. The van der Waals surface area contributed by atoms with Crippen molar-refractivity contribution in [2.24, 2.45) is 5.92 Å². The Kier molecular flexibility index (Phi) is 5.95. The van der Waals surface area contributed by atoms with Gasteiger partial charge in [-0.25, -0.2) is 0 Å². The van der Waals surface area contributed by atoms with Crippen molar-refractivity contribution in [2.45, 2.75) is 26.7 Å². The number of anilines is 2. The van der Waals surface area contributed by atoms with Gasteiger partial charge in [-0.1, -0.05) is 23.5 Å². The minimum absolute atomic E-state index is 0.0367. The second kappa shape index (κ2) is 8.37. The molecule has 0 aliphatic carbocycles. The fourth-order valence-corrected chi connectivity index (χ4v) is 3.57. The summed E-state index contributed by atoms with van der Waals surface area (Å²) in [6.45, 7) is 5.54. The number of hydrogen-bond acceptors (Lipinski definition) is 6. The third kappa shape index (κ3) is 4.44. The van der Waals surface area contributed by atoms with Gasteiger partial charge in [0.2, 0.25) is 16.9 Å². The van der Waals surface area contributed by atoms with Crippen molar-refractivity contribution in [2.75, 3.05) is 30.0 Å². The minimum atomic E-state index is -0.390. The molecule has 3 rings (SSSR count). The number of nitrogens with zero attached hydrogens (tertiary/aromatic N) is 3. The van der Waals surface area contributed by atoms with Crippen LogP contribution in [0, 0.1) is 12.8 Å². The Morgan fingerprint density at radius 1 is 1.42 bits per heavy atom. The van der Waals surface area contributed by atoms with E-state index in [9.17, 15) is 9.59 Å². The van der Waals surface area contributed by atoms with Crippen molar-refractivity contribution in [1.29, 1.82) is 0 Å². The molecular formula is C18H22N4O3S. The van der Waals surface area contributed by atoms with Gasteiger partial charge < -0.3 is 15.0 Å². The summed E-state index contributed by atoms with van der Waals surface area (Å²) in [5, 5.41) is 12.1. The second-order valence-corrected chi connectivity index (χ2v) is 7.24. The molecule has 1 atom stereocenters. The molecule has 138 valence electrons. The van der Waals surface area contributed by atoms with Crippen LogP contribution >= 0.6 is 11.3 Å². The van der Waals surface area contributed by atoms with Gasteiger partial charge in [-0.3, -0.25) is 9.59 Å². The van der Waals surface area contributed by atoms with Crippen LogP contribution in [-0.2, 0) is 20.7 Å². The van der Waals surface area contributed by atoms with Crippen LogP contribution in [0.4, 0.5) is 10.8 Å². The van der Waals surface area contributed by atoms with E-state index in [0.717, 1.165) is 16.3 Å². The highest BCUT2D eigenvalue weighted by molar-refractivity contribution is 7.15. The SMILES string of the molecule is CCOCCc1nnc(NC(=O)C2CC(=O)N(c3cccc(C)c3)C2)s1. The number of carbonyl (C=O) groups is 2. The first kappa shape index (κ1) is 18.5. The maximum atomic E-state index is 12.5. The molecule has 1 fully saturated rings. The van der Waals surface area contributed by atoms with Gasteiger partial charge in [0, 0.05) is 31.7 Å². The first-order chi connectivity index (χ1) is 12.6. The number of aryl methyl sites for hydroxylation is 1. The van der Waals surface area contributed by atoms with Gasteiger partial charge in [0.05, 0.1) is 12.5 Å². The predicted octanol–water partition coefficient (Wildman–Crippen LogP) is 2.42. The van der Waals surface area contributed by atoms with Gasteiger partial charge in [0.1, 0.15) is 5.01 Å². The van der Waals surface area contributed by atoms with Gasteiger partial charge in [-0.15, -0.1) is 10.2 Å². The van der Waals surface area contributed by atoms with Crippen LogP contribution in [0.1, 0.15) is 23.9 Å². The van der Waals surface area contributed by atoms with Crippen LogP contribution in [0.3, 0.4) is 0 Å². The summed E-state index contributed by atoms with van der Waals surface area (Å²) in [6.07, 6.45) is 0.875. The Morgan fingerprint density at radius 2 is 2.27 bits per heavy atom. The molecule has 26 heavy (non-hydrogen) atoms. The number of benzene rings is 1. The highest BCUT2D eigenvalue weighted by Gasteiger charge is 2.35. The zero-order chi connectivity index (χ0) is 18.5. The van der Waals surface area contributed by atoms with E-state index in [1.54, 1.807) is 4.90 Å². The van der Waals surface area contributed by atoms with Crippen molar-refractivity contribution < 1.29 is 14.3 Å². The Bertz CT molecular complexity index is 792. The molecule has 0 saturated carbocycles. The van der Waals surface area contributed by atoms with Crippen LogP contribution < -0.4 is 10.2 Å². The molecule has 2 amide bonds. The molecular weight excluding hydrogens is 352 g/mol. The van der Waals surface area contributed by atoms with Crippen LogP contribution in [0.15, 0.2) is 24.3 Å². The van der Waals surface area contributed by atoms with Crippen molar-refractivity contribution in [3.63, 3.8) is 0 Å². The van der Waals surface area contributed by atoms with Crippen LogP contribution in [-0.4, -0.2) is 41.8 Å². The number of hydrogen-bond donors (Lipinski definition) is 1. The van der Waals surface area contributed by atoms with Crippen LogP contribution in [0.2, 0.25) is 0 Å². The lowest BCUT2D eigenvalue weighted by molar-refractivity contribution is -0.122. The standard InChI is InChI=1S/C18H22N4O3S/c1-3-25-8-7-15-20-21-18(26-15)19-17(24)13-10-16(23)22(11-13)14-6-4-5-12(2)9-14/h4-6,9,13H,3,7-8,10-11H2,1-2H3,(H,19,21,24).